The summed E-state index contributed by atoms with van der Waals surface area (Å²) in [5, 5.41) is 5.85. The van der Waals surface area contributed by atoms with Gasteiger partial charge in [-0.2, -0.15) is 4.98 Å². The standard InChI is InChI=1S/C16H18F2N4O2S/c17-16(18)8-11-9-21(5-6-22(11)10-16)14(23)4-3-13-19-15(20-24-13)12-2-1-7-25-12/h1-2,7,11H,3-6,8-10H2/t11-/m0/s1. The SMILES string of the molecule is O=C(CCc1nc(-c2cccs2)no1)N1CCN2CC(F)(F)C[C@H]2C1. The van der Waals surface area contributed by atoms with Crippen LogP contribution in [0.25, 0.3) is 10.7 Å². The van der Waals surface area contributed by atoms with Crippen LogP contribution < -0.4 is 0 Å². The van der Waals surface area contributed by atoms with E-state index in [1.54, 1.807) is 9.80 Å². The van der Waals surface area contributed by atoms with Crippen LogP contribution in [0.4, 0.5) is 8.78 Å². The first-order valence-electron chi connectivity index (χ1n) is 8.26. The van der Waals surface area contributed by atoms with Crippen LogP contribution in [-0.2, 0) is 11.2 Å². The molecule has 25 heavy (non-hydrogen) atoms. The van der Waals surface area contributed by atoms with Gasteiger partial charge in [-0.25, -0.2) is 8.78 Å². The Kier molecular flexibility index (Phi) is 4.28. The normalized spacial score (nSPS) is 23.0. The van der Waals surface area contributed by atoms with Crippen molar-refractivity contribution in [2.45, 2.75) is 31.2 Å². The number of aromatic nitrogens is 2. The number of fused-ring (bicyclic) bond motifs is 1. The minimum atomic E-state index is -2.63. The van der Waals surface area contributed by atoms with Crippen molar-refractivity contribution < 1.29 is 18.1 Å². The average Bonchev–Trinajstić information content (AvgIpc) is 3.29. The molecule has 9 heteroatoms. The van der Waals surface area contributed by atoms with Crippen molar-refractivity contribution in [3.05, 3.63) is 23.4 Å². The number of rotatable bonds is 4. The van der Waals surface area contributed by atoms with E-state index < -0.39 is 5.92 Å². The lowest BCUT2D eigenvalue weighted by Gasteiger charge is -2.36. The summed E-state index contributed by atoms with van der Waals surface area (Å²) >= 11 is 1.52. The zero-order valence-corrected chi connectivity index (χ0v) is 14.3. The van der Waals surface area contributed by atoms with Gasteiger partial charge in [0.05, 0.1) is 11.4 Å². The molecular formula is C16H18F2N4O2S. The lowest BCUT2D eigenvalue weighted by atomic mass is 10.1. The summed E-state index contributed by atoms with van der Waals surface area (Å²) in [7, 11) is 0. The van der Waals surface area contributed by atoms with Gasteiger partial charge in [0.15, 0.2) is 0 Å². The Hall–Kier alpha value is -1.87. The van der Waals surface area contributed by atoms with Gasteiger partial charge >= 0.3 is 0 Å². The van der Waals surface area contributed by atoms with Crippen LogP contribution in [0.2, 0.25) is 0 Å². The molecule has 1 amide bonds. The van der Waals surface area contributed by atoms with Gasteiger partial charge in [0.25, 0.3) is 5.92 Å². The molecule has 0 unspecified atom stereocenters. The van der Waals surface area contributed by atoms with E-state index in [1.165, 1.54) is 11.3 Å². The number of amides is 1. The molecule has 2 aromatic heterocycles. The molecule has 2 aromatic rings. The monoisotopic (exact) mass is 368 g/mol. The molecular weight excluding hydrogens is 350 g/mol. The first kappa shape index (κ1) is 16.6. The fraction of sp³-hybridized carbons (Fsp3) is 0.562. The molecule has 0 aromatic carbocycles. The summed E-state index contributed by atoms with van der Waals surface area (Å²) in [4.78, 5) is 21.1. The summed E-state index contributed by atoms with van der Waals surface area (Å²) in [6.45, 7) is 1.19. The first-order valence-corrected chi connectivity index (χ1v) is 9.14. The van der Waals surface area contributed by atoms with Gasteiger partial charge in [-0.3, -0.25) is 9.69 Å². The van der Waals surface area contributed by atoms with Gasteiger partial charge in [0.1, 0.15) is 0 Å². The number of alkyl halides is 2. The molecule has 6 nitrogen and oxygen atoms in total. The van der Waals surface area contributed by atoms with Crippen molar-refractivity contribution in [2.24, 2.45) is 0 Å². The maximum Gasteiger partial charge on any atom is 0.262 e. The molecule has 2 aliphatic rings. The molecule has 0 bridgehead atoms. The van der Waals surface area contributed by atoms with Crippen LogP contribution in [0.5, 0.6) is 0 Å². The van der Waals surface area contributed by atoms with Gasteiger partial charge in [-0.05, 0) is 11.4 Å². The van der Waals surface area contributed by atoms with Crippen LogP contribution in [0, 0.1) is 0 Å². The highest BCUT2D eigenvalue weighted by Gasteiger charge is 2.47. The Bertz CT molecular complexity index is 749. The Morgan fingerprint density at radius 2 is 2.32 bits per heavy atom. The second kappa shape index (κ2) is 6.45. The number of thiophene rings is 1. The molecule has 1 atom stereocenters. The van der Waals surface area contributed by atoms with E-state index >= 15 is 0 Å². The third-order valence-electron chi connectivity index (χ3n) is 4.69. The predicted octanol–water partition coefficient (Wildman–Crippen LogP) is 2.28. The van der Waals surface area contributed by atoms with E-state index in [0.29, 0.717) is 37.8 Å². The molecule has 2 saturated heterocycles. The fourth-order valence-electron chi connectivity index (χ4n) is 3.46. The Labute approximate surface area is 147 Å². The van der Waals surface area contributed by atoms with Gasteiger partial charge in [-0.15, -0.1) is 11.3 Å². The molecule has 2 fully saturated rings. The predicted molar refractivity (Wildman–Crippen MR) is 87.4 cm³/mol. The van der Waals surface area contributed by atoms with E-state index in [4.69, 9.17) is 4.52 Å². The Balaban J connectivity index is 1.31. The largest absolute Gasteiger partial charge is 0.340 e. The molecule has 0 spiro atoms. The third kappa shape index (κ3) is 3.57. The number of piperazine rings is 1. The maximum absolute atomic E-state index is 13.5. The van der Waals surface area contributed by atoms with Crippen LogP contribution in [0.3, 0.4) is 0 Å². The van der Waals surface area contributed by atoms with Crippen LogP contribution in [-0.4, -0.2) is 64.0 Å². The molecule has 0 radical (unpaired) electrons. The zero-order chi connectivity index (χ0) is 17.4. The number of hydrogen-bond donors (Lipinski definition) is 0. The molecule has 4 rings (SSSR count). The van der Waals surface area contributed by atoms with E-state index in [0.717, 1.165) is 4.88 Å². The van der Waals surface area contributed by atoms with Gasteiger partial charge in [0.2, 0.25) is 17.6 Å². The number of carbonyl (C=O) groups excluding carboxylic acids is 1. The summed E-state index contributed by atoms with van der Waals surface area (Å²) in [6.07, 6.45) is 0.443. The number of carbonyl (C=O) groups is 1. The average molecular weight is 368 g/mol. The van der Waals surface area contributed by atoms with Gasteiger partial charge < -0.3 is 9.42 Å². The van der Waals surface area contributed by atoms with E-state index in [-0.39, 0.29) is 31.3 Å². The number of halogens is 2. The number of nitrogens with zero attached hydrogens (tertiary/aromatic N) is 4. The zero-order valence-electron chi connectivity index (χ0n) is 13.5. The minimum absolute atomic E-state index is 0.0502. The molecule has 134 valence electrons. The number of aryl methyl sites for hydroxylation is 1. The topological polar surface area (TPSA) is 62.5 Å². The Morgan fingerprint density at radius 1 is 1.44 bits per heavy atom. The molecule has 2 aliphatic heterocycles. The maximum atomic E-state index is 13.5. The van der Waals surface area contributed by atoms with Crippen LogP contribution in [0.1, 0.15) is 18.7 Å². The van der Waals surface area contributed by atoms with Crippen molar-refractivity contribution in [1.29, 1.82) is 0 Å². The summed E-state index contributed by atoms with van der Waals surface area (Å²) in [5.74, 6) is -1.74. The van der Waals surface area contributed by atoms with Crippen LogP contribution in [0.15, 0.2) is 22.0 Å². The van der Waals surface area contributed by atoms with E-state index in [2.05, 4.69) is 10.1 Å². The molecule has 0 saturated carbocycles. The second-order valence-corrected chi connectivity index (χ2v) is 7.46. The molecule has 0 aliphatic carbocycles. The minimum Gasteiger partial charge on any atom is -0.340 e. The summed E-state index contributed by atoms with van der Waals surface area (Å²) in [5.41, 5.74) is 0. The second-order valence-electron chi connectivity index (χ2n) is 6.51. The lowest BCUT2D eigenvalue weighted by Crippen LogP contribution is -2.52. The smallest absolute Gasteiger partial charge is 0.262 e. The lowest BCUT2D eigenvalue weighted by molar-refractivity contribution is -0.133. The van der Waals surface area contributed by atoms with E-state index in [1.807, 2.05) is 17.5 Å². The first-order chi connectivity index (χ1) is 12.0. The van der Waals surface area contributed by atoms with Crippen molar-refractivity contribution in [1.82, 2.24) is 19.9 Å². The molecule has 4 heterocycles. The van der Waals surface area contributed by atoms with Gasteiger partial charge in [0, 0.05) is 44.9 Å². The fourth-order valence-corrected chi connectivity index (χ4v) is 4.11. The quantitative estimate of drug-likeness (QED) is 0.829. The highest BCUT2D eigenvalue weighted by molar-refractivity contribution is 7.13. The summed E-state index contributed by atoms with van der Waals surface area (Å²) < 4.78 is 32.2. The highest BCUT2D eigenvalue weighted by Crippen LogP contribution is 2.33. The molecule has 0 N–H and O–H groups in total. The van der Waals surface area contributed by atoms with Gasteiger partial charge in [-0.1, -0.05) is 11.2 Å². The van der Waals surface area contributed by atoms with E-state index in [9.17, 15) is 13.6 Å². The number of hydrogen-bond acceptors (Lipinski definition) is 6. The van der Waals surface area contributed by atoms with Crippen molar-refractivity contribution in [3.8, 4) is 10.7 Å². The van der Waals surface area contributed by atoms with Crippen molar-refractivity contribution >= 4 is 17.2 Å². The highest BCUT2D eigenvalue weighted by atomic mass is 32.1. The van der Waals surface area contributed by atoms with Crippen LogP contribution >= 0.6 is 11.3 Å². The Morgan fingerprint density at radius 3 is 3.12 bits per heavy atom. The van der Waals surface area contributed by atoms with Crippen molar-refractivity contribution in [3.63, 3.8) is 0 Å². The third-order valence-corrected chi connectivity index (χ3v) is 5.55. The summed E-state index contributed by atoms with van der Waals surface area (Å²) in [6, 6.07) is 3.58. The van der Waals surface area contributed by atoms with Crippen molar-refractivity contribution in [2.75, 3.05) is 26.2 Å².